The first-order valence-corrected chi connectivity index (χ1v) is 13.2. The third kappa shape index (κ3) is 5.53. The van der Waals surface area contributed by atoms with Crippen LogP contribution in [0.5, 0.6) is 0 Å². The fourth-order valence-electron chi connectivity index (χ4n) is 4.26. The van der Waals surface area contributed by atoms with Crippen LogP contribution in [0.1, 0.15) is 72.8 Å². The van der Waals surface area contributed by atoms with Crippen LogP contribution in [0.15, 0.2) is 36.4 Å². The van der Waals surface area contributed by atoms with E-state index < -0.39 is 0 Å². The van der Waals surface area contributed by atoms with Crippen LogP contribution in [0.25, 0.3) is 22.3 Å². The van der Waals surface area contributed by atoms with Gasteiger partial charge in [0.25, 0.3) is 5.91 Å². The van der Waals surface area contributed by atoms with Crippen molar-refractivity contribution in [2.75, 3.05) is 0 Å². The lowest BCUT2D eigenvalue weighted by Crippen LogP contribution is -2.36. The molecule has 0 aliphatic heterocycles. The van der Waals surface area contributed by atoms with Gasteiger partial charge in [-0.05, 0) is 62.6 Å². The Morgan fingerprint density at radius 1 is 1.21 bits per heavy atom. The smallest absolute Gasteiger partial charge is 0.272 e. The molecular weight excluding hydrogens is 473 g/mol. The summed E-state index contributed by atoms with van der Waals surface area (Å²) in [7, 11) is 0. The third-order valence-corrected chi connectivity index (χ3v) is 7.61. The molecule has 1 N–H and O–H groups in total. The molecule has 4 nitrogen and oxygen atoms in total. The maximum atomic E-state index is 13.2. The molecule has 1 amide bonds. The second kappa shape index (κ2) is 10.9. The molecule has 174 valence electrons. The number of hydrogen-bond donors (Lipinski definition) is 1. The summed E-state index contributed by atoms with van der Waals surface area (Å²) in [5, 5.41) is 9.02. The van der Waals surface area contributed by atoms with Crippen molar-refractivity contribution in [3.63, 3.8) is 0 Å². The second-order valence-electron chi connectivity index (χ2n) is 8.53. The van der Waals surface area contributed by atoms with Gasteiger partial charge in [0.15, 0.2) is 5.69 Å². The summed E-state index contributed by atoms with van der Waals surface area (Å²) in [4.78, 5) is 15.4. The number of carbonyl (C=O) groups excluding carboxylic acids is 1. The van der Waals surface area contributed by atoms with Gasteiger partial charge in [0, 0.05) is 21.5 Å². The highest BCUT2D eigenvalue weighted by Crippen LogP contribution is 2.36. The molecule has 1 saturated carbocycles. The van der Waals surface area contributed by atoms with Crippen LogP contribution < -0.4 is 5.32 Å². The molecule has 2 aromatic heterocycles. The standard InChI is InChI=1S/C26H29Cl2N3OS/c1-3-4-6-11-20-13-15-23(33-20)25-17(2)24(26(32)29-19-9-7-5-8-10-19)30-31(25)22-14-12-18(27)16-21(22)28/h6,11-16,19H,3-5,7-10H2,1-2H3,(H,29,32)/b11-6+. The van der Waals surface area contributed by atoms with Crippen LogP contribution in [0, 0.1) is 6.92 Å². The van der Waals surface area contributed by atoms with Gasteiger partial charge in [-0.15, -0.1) is 11.3 Å². The summed E-state index contributed by atoms with van der Waals surface area (Å²) in [6.07, 6.45) is 12.1. The van der Waals surface area contributed by atoms with Crippen LogP contribution in [0.2, 0.25) is 10.0 Å². The molecule has 0 spiro atoms. The molecule has 0 bridgehead atoms. The highest BCUT2D eigenvalue weighted by Gasteiger charge is 2.26. The van der Waals surface area contributed by atoms with Crippen molar-refractivity contribution in [2.45, 2.75) is 64.8 Å². The maximum absolute atomic E-state index is 13.2. The minimum atomic E-state index is -0.121. The fourth-order valence-corrected chi connectivity index (χ4v) is 5.78. The van der Waals surface area contributed by atoms with Crippen molar-refractivity contribution < 1.29 is 4.79 Å². The zero-order valence-electron chi connectivity index (χ0n) is 19.0. The summed E-state index contributed by atoms with van der Waals surface area (Å²) < 4.78 is 1.79. The van der Waals surface area contributed by atoms with Gasteiger partial charge in [-0.25, -0.2) is 4.68 Å². The first-order chi connectivity index (χ1) is 16.0. The molecule has 1 aliphatic rings. The van der Waals surface area contributed by atoms with Crippen LogP contribution in [0.4, 0.5) is 0 Å². The zero-order valence-corrected chi connectivity index (χ0v) is 21.4. The van der Waals surface area contributed by atoms with Crippen molar-refractivity contribution in [1.82, 2.24) is 15.1 Å². The molecule has 2 heterocycles. The van der Waals surface area contributed by atoms with Gasteiger partial charge in [-0.1, -0.05) is 61.9 Å². The quantitative estimate of drug-likeness (QED) is 0.355. The third-order valence-electron chi connectivity index (χ3n) is 6.01. The number of halogens is 2. The highest BCUT2D eigenvalue weighted by atomic mass is 35.5. The normalized spacial score (nSPS) is 14.8. The Balaban J connectivity index is 1.75. The number of allylic oxidation sites excluding steroid dienone is 1. The number of benzene rings is 1. The predicted molar refractivity (Wildman–Crippen MR) is 140 cm³/mol. The summed E-state index contributed by atoms with van der Waals surface area (Å²) >= 11 is 14.4. The lowest BCUT2D eigenvalue weighted by atomic mass is 9.95. The van der Waals surface area contributed by atoms with Gasteiger partial charge in [-0.3, -0.25) is 4.79 Å². The first-order valence-electron chi connectivity index (χ1n) is 11.6. The molecule has 0 unspecified atom stereocenters. The maximum Gasteiger partial charge on any atom is 0.272 e. The van der Waals surface area contributed by atoms with E-state index in [4.69, 9.17) is 28.3 Å². The predicted octanol–water partition coefficient (Wildman–Crippen LogP) is 8.09. The second-order valence-corrected chi connectivity index (χ2v) is 10.5. The van der Waals surface area contributed by atoms with Crippen LogP contribution in [-0.2, 0) is 0 Å². The number of unbranched alkanes of at least 4 members (excludes halogenated alkanes) is 1. The van der Waals surface area contributed by atoms with Crippen LogP contribution in [0.3, 0.4) is 0 Å². The molecule has 1 aliphatic carbocycles. The number of hydrogen-bond acceptors (Lipinski definition) is 3. The van der Waals surface area contributed by atoms with Crippen molar-refractivity contribution in [1.29, 1.82) is 0 Å². The van der Waals surface area contributed by atoms with E-state index in [1.165, 1.54) is 11.3 Å². The van der Waals surface area contributed by atoms with E-state index in [9.17, 15) is 4.79 Å². The van der Waals surface area contributed by atoms with E-state index in [1.54, 1.807) is 28.2 Å². The molecule has 3 aromatic rings. The van der Waals surface area contributed by atoms with Crippen LogP contribution >= 0.6 is 34.5 Å². The van der Waals surface area contributed by atoms with Gasteiger partial charge < -0.3 is 5.32 Å². The summed E-state index contributed by atoms with van der Waals surface area (Å²) in [6.45, 7) is 4.13. The molecule has 1 aromatic carbocycles. The monoisotopic (exact) mass is 501 g/mol. The zero-order chi connectivity index (χ0) is 23.4. The fraction of sp³-hybridized carbons (Fsp3) is 0.385. The minimum absolute atomic E-state index is 0.121. The Morgan fingerprint density at radius 3 is 2.73 bits per heavy atom. The number of carbonyl (C=O) groups is 1. The molecule has 0 saturated heterocycles. The van der Waals surface area contributed by atoms with Crippen LogP contribution in [-0.4, -0.2) is 21.7 Å². The van der Waals surface area contributed by atoms with E-state index in [0.29, 0.717) is 21.4 Å². The summed E-state index contributed by atoms with van der Waals surface area (Å²) in [5.74, 6) is -0.121. The summed E-state index contributed by atoms with van der Waals surface area (Å²) in [6, 6.07) is 9.75. The first kappa shape index (κ1) is 24.1. The lowest BCUT2D eigenvalue weighted by molar-refractivity contribution is 0.0921. The Bertz CT molecular complexity index is 1160. The molecular formula is C26H29Cl2N3OS. The largest absolute Gasteiger partial charge is 0.348 e. The average Bonchev–Trinajstić information content (AvgIpc) is 3.39. The number of rotatable bonds is 7. The van der Waals surface area contributed by atoms with Gasteiger partial charge in [0.05, 0.1) is 21.3 Å². The van der Waals surface area contributed by atoms with Gasteiger partial charge in [-0.2, -0.15) is 5.10 Å². The van der Waals surface area contributed by atoms with Gasteiger partial charge in [0.1, 0.15) is 0 Å². The Labute approximate surface area is 209 Å². The minimum Gasteiger partial charge on any atom is -0.348 e. The van der Waals surface area contributed by atoms with E-state index >= 15 is 0 Å². The number of nitrogens with zero attached hydrogens (tertiary/aromatic N) is 2. The Hall–Kier alpha value is -2.08. The number of thiophene rings is 1. The molecule has 0 radical (unpaired) electrons. The molecule has 33 heavy (non-hydrogen) atoms. The molecule has 0 atom stereocenters. The Morgan fingerprint density at radius 2 is 2.00 bits per heavy atom. The van der Waals surface area contributed by atoms with Crippen molar-refractivity contribution in [3.8, 4) is 16.3 Å². The number of nitrogens with one attached hydrogen (secondary N) is 1. The molecule has 1 fully saturated rings. The van der Waals surface area contributed by atoms with Gasteiger partial charge >= 0.3 is 0 Å². The van der Waals surface area contributed by atoms with Crippen molar-refractivity contribution >= 4 is 46.5 Å². The lowest BCUT2D eigenvalue weighted by Gasteiger charge is -2.22. The van der Waals surface area contributed by atoms with E-state index in [2.05, 4.69) is 36.5 Å². The number of aromatic nitrogens is 2. The summed E-state index contributed by atoms with van der Waals surface area (Å²) in [5.41, 5.74) is 2.87. The van der Waals surface area contributed by atoms with E-state index in [0.717, 1.165) is 54.7 Å². The molecule has 4 rings (SSSR count). The highest BCUT2D eigenvalue weighted by molar-refractivity contribution is 7.16. The number of amides is 1. The molecule has 7 heteroatoms. The Kier molecular flexibility index (Phi) is 7.94. The SMILES string of the molecule is CCC/C=C/c1ccc(-c2c(C)c(C(=O)NC3CCCCC3)nn2-c2ccc(Cl)cc2Cl)s1. The van der Waals surface area contributed by atoms with E-state index in [1.807, 2.05) is 13.0 Å². The average molecular weight is 503 g/mol. The van der Waals surface area contributed by atoms with Crippen molar-refractivity contribution in [3.05, 3.63) is 62.6 Å². The van der Waals surface area contributed by atoms with E-state index in [-0.39, 0.29) is 11.9 Å². The van der Waals surface area contributed by atoms with Gasteiger partial charge in [0.2, 0.25) is 0 Å². The topological polar surface area (TPSA) is 46.9 Å². The van der Waals surface area contributed by atoms with Crippen molar-refractivity contribution in [2.24, 2.45) is 0 Å².